The molecule has 0 saturated heterocycles. The standard InChI is InChI=1S/C23H21N3OS/c1-16-6-5-11-26-21(27)14-18(24-23(16)26)15-25-12-9-20-19(10-13-28-20)22(25)17-7-3-2-4-8-17/h2-8,10-11,13-14,22H,9,12,15H2,1H3/t22-/m1/s1. The molecule has 5 heteroatoms. The number of fused-ring (bicyclic) bond motifs is 2. The lowest BCUT2D eigenvalue weighted by Crippen LogP contribution is -2.35. The fourth-order valence-corrected chi connectivity index (χ4v) is 5.07. The molecule has 0 radical (unpaired) electrons. The molecule has 1 atom stereocenters. The molecule has 3 aromatic heterocycles. The second kappa shape index (κ2) is 7.00. The first-order chi connectivity index (χ1) is 13.7. The topological polar surface area (TPSA) is 37.6 Å². The summed E-state index contributed by atoms with van der Waals surface area (Å²) in [6.45, 7) is 3.62. The quantitative estimate of drug-likeness (QED) is 0.528. The molecule has 0 unspecified atom stereocenters. The van der Waals surface area contributed by atoms with E-state index in [1.54, 1.807) is 16.7 Å². The van der Waals surface area contributed by atoms with Gasteiger partial charge >= 0.3 is 0 Å². The molecule has 1 aliphatic rings. The number of hydrogen-bond acceptors (Lipinski definition) is 4. The van der Waals surface area contributed by atoms with Gasteiger partial charge in [0.2, 0.25) is 0 Å². The van der Waals surface area contributed by atoms with Gasteiger partial charge in [-0.05, 0) is 47.5 Å². The smallest absolute Gasteiger partial charge is 0.258 e. The maximum absolute atomic E-state index is 12.6. The monoisotopic (exact) mass is 387 g/mol. The number of aromatic nitrogens is 2. The van der Waals surface area contributed by atoms with Crippen LogP contribution in [0, 0.1) is 6.92 Å². The van der Waals surface area contributed by atoms with E-state index < -0.39 is 0 Å². The highest BCUT2D eigenvalue weighted by Crippen LogP contribution is 2.38. The van der Waals surface area contributed by atoms with E-state index in [9.17, 15) is 4.79 Å². The highest BCUT2D eigenvalue weighted by molar-refractivity contribution is 7.10. The Morgan fingerprint density at radius 1 is 1.14 bits per heavy atom. The van der Waals surface area contributed by atoms with E-state index in [1.165, 1.54) is 16.0 Å². The van der Waals surface area contributed by atoms with E-state index in [0.29, 0.717) is 6.54 Å². The lowest BCUT2D eigenvalue weighted by Gasteiger charge is -2.36. The molecule has 28 heavy (non-hydrogen) atoms. The van der Waals surface area contributed by atoms with E-state index >= 15 is 0 Å². The summed E-state index contributed by atoms with van der Waals surface area (Å²) in [7, 11) is 0. The highest BCUT2D eigenvalue weighted by Gasteiger charge is 2.29. The fourth-order valence-electron chi connectivity index (χ4n) is 4.16. The number of benzene rings is 1. The molecule has 4 aromatic rings. The summed E-state index contributed by atoms with van der Waals surface area (Å²) in [6, 6.07) is 18.6. The molecule has 0 bridgehead atoms. The molecule has 0 amide bonds. The van der Waals surface area contributed by atoms with Crippen molar-refractivity contribution in [2.45, 2.75) is 25.9 Å². The Morgan fingerprint density at radius 3 is 2.86 bits per heavy atom. The van der Waals surface area contributed by atoms with Crippen LogP contribution in [0.2, 0.25) is 0 Å². The Bertz CT molecular complexity index is 1200. The number of aryl methyl sites for hydroxylation is 1. The Balaban J connectivity index is 1.56. The van der Waals surface area contributed by atoms with Gasteiger partial charge in [-0.25, -0.2) is 4.98 Å². The summed E-state index contributed by atoms with van der Waals surface area (Å²) in [6.07, 6.45) is 2.83. The molecule has 1 aromatic carbocycles. The molecule has 4 nitrogen and oxygen atoms in total. The van der Waals surface area contributed by atoms with Gasteiger partial charge < -0.3 is 0 Å². The largest absolute Gasteiger partial charge is 0.286 e. The van der Waals surface area contributed by atoms with Gasteiger partial charge in [0.25, 0.3) is 5.56 Å². The predicted octanol–water partition coefficient (Wildman–Crippen LogP) is 4.21. The van der Waals surface area contributed by atoms with Crippen LogP contribution in [0.5, 0.6) is 0 Å². The third-order valence-corrected chi connectivity index (χ3v) is 6.48. The molecule has 0 spiro atoms. The van der Waals surface area contributed by atoms with Gasteiger partial charge in [0.15, 0.2) is 0 Å². The summed E-state index contributed by atoms with van der Waals surface area (Å²) >= 11 is 1.84. The molecule has 0 aliphatic carbocycles. The molecule has 140 valence electrons. The maximum Gasteiger partial charge on any atom is 0.258 e. The minimum atomic E-state index is -0.0202. The molecular weight excluding hydrogens is 366 g/mol. The minimum Gasteiger partial charge on any atom is -0.286 e. The third kappa shape index (κ3) is 2.97. The van der Waals surface area contributed by atoms with Gasteiger partial charge in [-0.3, -0.25) is 14.1 Å². The normalized spacial score (nSPS) is 17.0. The number of pyridine rings is 1. The van der Waals surface area contributed by atoms with Crippen LogP contribution in [0.1, 0.15) is 33.3 Å². The average molecular weight is 388 g/mol. The summed E-state index contributed by atoms with van der Waals surface area (Å²) in [5, 5.41) is 2.19. The summed E-state index contributed by atoms with van der Waals surface area (Å²) in [5.41, 5.74) is 5.24. The second-order valence-electron chi connectivity index (χ2n) is 7.30. The van der Waals surface area contributed by atoms with Gasteiger partial charge in [-0.15, -0.1) is 11.3 Å². The zero-order chi connectivity index (χ0) is 19.1. The van der Waals surface area contributed by atoms with Gasteiger partial charge in [0.05, 0.1) is 11.7 Å². The highest BCUT2D eigenvalue weighted by atomic mass is 32.1. The first kappa shape index (κ1) is 17.3. The summed E-state index contributed by atoms with van der Waals surface area (Å²) in [4.78, 5) is 21.3. The van der Waals surface area contributed by atoms with Crippen molar-refractivity contribution in [3.8, 4) is 0 Å². The van der Waals surface area contributed by atoms with Crippen LogP contribution in [0.15, 0.2) is 71.0 Å². The molecular formula is C23H21N3OS. The Hall–Kier alpha value is -2.76. The third-order valence-electron chi connectivity index (χ3n) is 5.49. The molecule has 1 aliphatic heterocycles. The predicted molar refractivity (Wildman–Crippen MR) is 113 cm³/mol. The van der Waals surface area contributed by atoms with Crippen molar-refractivity contribution in [3.63, 3.8) is 0 Å². The first-order valence-corrected chi connectivity index (χ1v) is 10.4. The van der Waals surface area contributed by atoms with Gasteiger partial charge in [-0.1, -0.05) is 36.4 Å². The van der Waals surface area contributed by atoms with Gasteiger partial charge in [-0.2, -0.15) is 0 Å². The fraction of sp³-hybridized carbons (Fsp3) is 0.217. The van der Waals surface area contributed by atoms with E-state index in [4.69, 9.17) is 4.98 Å². The van der Waals surface area contributed by atoms with Crippen LogP contribution in [0.4, 0.5) is 0 Å². The molecule has 4 heterocycles. The Morgan fingerprint density at radius 2 is 2.00 bits per heavy atom. The number of hydrogen-bond donors (Lipinski definition) is 0. The van der Waals surface area contributed by atoms with E-state index in [-0.39, 0.29) is 11.6 Å². The molecule has 0 saturated carbocycles. The molecule has 5 rings (SSSR count). The Kier molecular flexibility index (Phi) is 4.34. The van der Waals surface area contributed by atoms with E-state index in [2.05, 4.69) is 46.7 Å². The first-order valence-electron chi connectivity index (χ1n) is 9.54. The van der Waals surface area contributed by atoms with Crippen LogP contribution in [0.25, 0.3) is 5.65 Å². The van der Waals surface area contributed by atoms with E-state index in [1.807, 2.05) is 30.4 Å². The van der Waals surface area contributed by atoms with Crippen LogP contribution in [-0.2, 0) is 13.0 Å². The van der Waals surface area contributed by atoms with Crippen LogP contribution in [-0.4, -0.2) is 20.8 Å². The number of thiophene rings is 1. The van der Waals surface area contributed by atoms with Crippen LogP contribution < -0.4 is 5.56 Å². The number of rotatable bonds is 3. The maximum atomic E-state index is 12.6. The van der Waals surface area contributed by atoms with Gasteiger partial charge in [0, 0.05) is 30.2 Å². The summed E-state index contributed by atoms with van der Waals surface area (Å²) < 4.78 is 1.63. The second-order valence-corrected chi connectivity index (χ2v) is 8.30. The van der Waals surface area contributed by atoms with Crippen molar-refractivity contribution in [1.82, 2.24) is 14.3 Å². The van der Waals surface area contributed by atoms with Crippen molar-refractivity contribution in [2.24, 2.45) is 0 Å². The average Bonchev–Trinajstić information content (AvgIpc) is 3.18. The lowest BCUT2D eigenvalue weighted by molar-refractivity contribution is 0.204. The van der Waals surface area contributed by atoms with Crippen molar-refractivity contribution in [2.75, 3.05) is 6.54 Å². The van der Waals surface area contributed by atoms with Crippen LogP contribution >= 0.6 is 11.3 Å². The van der Waals surface area contributed by atoms with Crippen molar-refractivity contribution < 1.29 is 0 Å². The van der Waals surface area contributed by atoms with Crippen molar-refractivity contribution >= 4 is 17.0 Å². The number of nitrogens with zero attached hydrogens (tertiary/aromatic N) is 3. The van der Waals surface area contributed by atoms with Crippen LogP contribution in [0.3, 0.4) is 0 Å². The minimum absolute atomic E-state index is 0.0202. The van der Waals surface area contributed by atoms with Gasteiger partial charge in [0.1, 0.15) is 5.65 Å². The SMILES string of the molecule is Cc1cccn2c(=O)cc(CN3CCc4sccc4[C@H]3c3ccccc3)nc12. The summed E-state index contributed by atoms with van der Waals surface area (Å²) in [5.74, 6) is 0. The molecule has 0 N–H and O–H groups in total. The zero-order valence-corrected chi connectivity index (χ0v) is 16.5. The molecule has 0 fully saturated rings. The zero-order valence-electron chi connectivity index (χ0n) is 15.7. The van der Waals surface area contributed by atoms with E-state index in [0.717, 1.165) is 29.9 Å². The van der Waals surface area contributed by atoms with Crippen molar-refractivity contribution in [1.29, 1.82) is 0 Å². The van der Waals surface area contributed by atoms with Crippen molar-refractivity contribution in [3.05, 3.63) is 104 Å². The lowest BCUT2D eigenvalue weighted by atomic mass is 9.93. The Labute approximate surface area is 167 Å².